The second-order valence-corrected chi connectivity index (χ2v) is 5.27. The first kappa shape index (κ1) is 8.52. The Kier molecular flexibility index (Phi) is 1.33. The van der Waals surface area contributed by atoms with E-state index in [4.69, 9.17) is 4.74 Å². The maximum absolute atomic E-state index is 10.0. The molecule has 12 heavy (non-hydrogen) atoms. The highest BCUT2D eigenvalue weighted by Gasteiger charge is 2.66. The molecule has 70 valence electrons. The zero-order valence-corrected chi connectivity index (χ0v) is 8.35. The Morgan fingerprint density at radius 3 is 2.00 bits per heavy atom. The predicted molar refractivity (Wildman–Crippen MR) is 46.9 cm³/mol. The quantitative estimate of drug-likeness (QED) is 0.599. The third-order valence-corrected chi connectivity index (χ3v) is 4.18. The highest BCUT2D eigenvalue weighted by atomic mass is 16.6. The maximum Gasteiger partial charge on any atom is 0.0927 e. The minimum atomic E-state index is -0.316. The Bertz CT molecular complexity index is 221. The molecule has 0 aliphatic carbocycles. The third-order valence-electron chi connectivity index (χ3n) is 4.18. The van der Waals surface area contributed by atoms with Crippen molar-refractivity contribution in [3.8, 4) is 0 Å². The summed E-state index contributed by atoms with van der Waals surface area (Å²) in [5.74, 6) is 0. The van der Waals surface area contributed by atoms with Gasteiger partial charge in [-0.05, 0) is 26.7 Å². The van der Waals surface area contributed by atoms with Crippen LogP contribution in [0.25, 0.3) is 0 Å². The summed E-state index contributed by atoms with van der Waals surface area (Å²) >= 11 is 0. The van der Waals surface area contributed by atoms with Crippen LogP contribution in [-0.2, 0) is 4.74 Å². The van der Waals surface area contributed by atoms with Crippen LogP contribution in [0.15, 0.2) is 0 Å². The maximum atomic E-state index is 10.0. The minimum absolute atomic E-state index is 0.0972. The van der Waals surface area contributed by atoms with E-state index in [1.165, 1.54) is 0 Å². The molecule has 1 N–H and O–H groups in total. The third kappa shape index (κ3) is 0.686. The molecular weight excluding hydrogens is 152 g/mol. The molecule has 0 spiro atoms. The van der Waals surface area contributed by atoms with E-state index in [-0.39, 0.29) is 22.7 Å². The molecule has 2 bridgehead atoms. The molecular formula is C10H18O2. The van der Waals surface area contributed by atoms with Crippen LogP contribution in [0, 0.1) is 5.41 Å². The average Bonchev–Trinajstić information content (AvgIpc) is 2.32. The summed E-state index contributed by atoms with van der Waals surface area (Å²) < 4.78 is 5.92. The Morgan fingerprint density at radius 2 is 1.75 bits per heavy atom. The summed E-state index contributed by atoms with van der Waals surface area (Å²) in [5.41, 5.74) is -0.487. The molecule has 0 radical (unpaired) electrons. The van der Waals surface area contributed by atoms with Crippen molar-refractivity contribution >= 4 is 0 Å². The summed E-state index contributed by atoms with van der Waals surface area (Å²) in [7, 11) is 0. The number of aliphatic hydroxyl groups is 1. The molecule has 2 aliphatic rings. The number of rotatable bonds is 0. The van der Waals surface area contributed by atoms with Gasteiger partial charge in [-0.1, -0.05) is 13.8 Å². The molecule has 2 nitrogen and oxygen atoms in total. The first-order valence-electron chi connectivity index (χ1n) is 4.70. The number of fused-ring (bicyclic) bond motifs is 2. The first-order chi connectivity index (χ1) is 5.32. The lowest BCUT2D eigenvalue weighted by Gasteiger charge is -2.40. The minimum Gasteiger partial charge on any atom is -0.389 e. The summed E-state index contributed by atoms with van der Waals surface area (Å²) in [5, 5.41) is 10.0. The van der Waals surface area contributed by atoms with E-state index in [0.29, 0.717) is 0 Å². The van der Waals surface area contributed by atoms with Crippen LogP contribution < -0.4 is 0 Å². The molecule has 2 fully saturated rings. The molecule has 2 heterocycles. The van der Waals surface area contributed by atoms with Gasteiger partial charge in [-0.25, -0.2) is 0 Å². The van der Waals surface area contributed by atoms with Gasteiger partial charge in [0.2, 0.25) is 0 Å². The summed E-state index contributed by atoms with van der Waals surface area (Å²) in [4.78, 5) is 0. The molecule has 0 amide bonds. The van der Waals surface area contributed by atoms with E-state index in [9.17, 15) is 5.11 Å². The fraction of sp³-hybridized carbons (Fsp3) is 1.00. The molecule has 0 aromatic carbocycles. The van der Waals surface area contributed by atoms with E-state index < -0.39 is 0 Å². The van der Waals surface area contributed by atoms with Gasteiger partial charge in [-0.2, -0.15) is 0 Å². The highest BCUT2D eigenvalue weighted by Crippen LogP contribution is 2.60. The molecule has 2 rings (SSSR count). The van der Waals surface area contributed by atoms with Gasteiger partial charge in [-0.15, -0.1) is 0 Å². The first-order valence-corrected chi connectivity index (χ1v) is 4.70. The van der Waals surface area contributed by atoms with Crippen LogP contribution in [0.4, 0.5) is 0 Å². The lowest BCUT2D eigenvalue weighted by atomic mass is 9.64. The molecule has 2 heteroatoms. The largest absolute Gasteiger partial charge is 0.389 e. The van der Waals surface area contributed by atoms with Crippen LogP contribution in [0.1, 0.15) is 40.5 Å². The Labute approximate surface area is 73.9 Å². The van der Waals surface area contributed by atoms with Gasteiger partial charge in [-0.3, -0.25) is 0 Å². The van der Waals surface area contributed by atoms with Crippen molar-refractivity contribution in [2.24, 2.45) is 5.41 Å². The van der Waals surface area contributed by atoms with E-state index in [0.717, 1.165) is 12.8 Å². The monoisotopic (exact) mass is 170 g/mol. The smallest absolute Gasteiger partial charge is 0.0927 e. The molecule has 0 unspecified atom stereocenters. The molecule has 3 atom stereocenters. The van der Waals surface area contributed by atoms with Crippen molar-refractivity contribution in [2.75, 3.05) is 0 Å². The van der Waals surface area contributed by atoms with Gasteiger partial charge in [0.25, 0.3) is 0 Å². The molecule has 0 aromatic rings. The average molecular weight is 170 g/mol. The number of aliphatic hydroxyl groups excluding tert-OH is 1. The Balaban J connectivity index is 2.44. The fourth-order valence-corrected chi connectivity index (χ4v) is 2.80. The van der Waals surface area contributed by atoms with Gasteiger partial charge in [0, 0.05) is 5.41 Å². The van der Waals surface area contributed by atoms with Crippen molar-refractivity contribution in [1.29, 1.82) is 0 Å². The van der Waals surface area contributed by atoms with E-state index in [2.05, 4.69) is 20.8 Å². The van der Waals surface area contributed by atoms with Crippen molar-refractivity contribution in [3.05, 3.63) is 0 Å². The van der Waals surface area contributed by atoms with Crippen molar-refractivity contribution < 1.29 is 9.84 Å². The van der Waals surface area contributed by atoms with E-state index in [1.54, 1.807) is 0 Å². The van der Waals surface area contributed by atoms with Crippen LogP contribution in [0.5, 0.6) is 0 Å². The number of hydrogen-bond donors (Lipinski definition) is 1. The number of hydrogen-bond acceptors (Lipinski definition) is 2. The lowest BCUT2D eigenvalue weighted by molar-refractivity contribution is -0.0588. The van der Waals surface area contributed by atoms with Crippen LogP contribution in [0.3, 0.4) is 0 Å². The van der Waals surface area contributed by atoms with Crippen LogP contribution >= 0.6 is 0 Å². The second-order valence-electron chi connectivity index (χ2n) is 5.27. The summed E-state index contributed by atoms with van der Waals surface area (Å²) in [6.45, 7) is 8.34. The standard InChI is InChI=1S/C10H18O2/c1-8(2)7(11)9(3)5-6-10(8,4)12-9/h7,11H,5-6H2,1-4H3/t7-,9+,10-/m0/s1. The van der Waals surface area contributed by atoms with E-state index >= 15 is 0 Å². The van der Waals surface area contributed by atoms with Crippen LogP contribution in [0.2, 0.25) is 0 Å². The van der Waals surface area contributed by atoms with Crippen molar-refractivity contribution in [1.82, 2.24) is 0 Å². The van der Waals surface area contributed by atoms with E-state index in [1.807, 2.05) is 6.92 Å². The van der Waals surface area contributed by atoms with Crippen LogP contribution in [-0.4, -0.2) is 22.4 Å². The van der Waals surface area contributed by atoms with Crippen molar-refractivity contribution in [2.45, 2.75) is 57.8 Å². The Hall–Kier alpha value is -0.0800. The van der Waals surface area contributed by atoms with Gasteiger partial charge in [0.15, 0.2) is 0 Å². The highest BCUT2D eigenvalue weighted by molar-refractivity contribution is 5.15. The second kappa shape index (κ2) is 1.88. The Morgan fingerprint density at radius 1 is 1.17 bits per heavy atom. The van der Waals surface area contributed by atoms with Gasteiger partial charge < -0.3 is 9.84 Å². The fourth-order valence-electron chi connectivity index (χ4n) is 2.80. The predicted octanol–water partition coefficient (Wildman–Crippen LogP) is 1.71. The number of ether oxygens (including phenoxy) is 1. The van der Waals surface area contributed by atoms with Gasteiger partial charge in [0.1, 0.15) is 0 Å². The zero-order chi connectivity index (χ0) is 9.20. The van der Waals surface area contributed by atoms with Gasteiger partial charge in [0.05, 0.1) is 17.3 Å². The molecule has 0 saturated carbocycles. The topological polar surface area (TPSA) is 29.5 Å². The SMILES string of the molecule is CC1(C)[C@H](O)[C@@]2(C)CC[C@]1(C)O2. The molecule has 2 saturated heterocycles. The zero-order valence-electron chi connectivity index (χ0n) is 8.35. The normalized spacial score (nSPS) is 56.2. The lowest BCUT2D eigenvalue weighted by Crippen LogP contribution is -2.49. The van der Waals surface area contributed by atoms with Crippen molar-refractivity contribution in [3.63, 3.8) is 0 Å². The molecule has 2 aliphatic heterocycles. The summed E-state index contributed by atoms with van der Waals surface area (Å²) in [6.07, 6.45) is 1.76. The summed E-state index contributed by atoms with van der Waals surface area (Å²) in [6, 6.07) is 0. The van der Waals surface area contributed by atoms with Gasteiger partial charge >= 0.3 is 0 Å². The molecule has 0 aromatic heterocycles.